The van der Waals surface area contributed by atoms with Crippen LogP contribution < -0.4 is 16.8 Å². The van der Waals surface area contributed by atoms with Crippen LogP contribution >= 0.6 is 0 Å². The number of aliphatic hydroxyl groups is 1. The molecule has 1 atom stereocenters. The first-order valence-electron chi connectivity index (χ1n) is 4.45. The molecule has 0 fully saturated rings. The van der Waals surface area contributed by atoms with Gasteiger partial charge in [-0.2, -0.15) is 15.0 Å². The van der Waals surface area contributed by atoms with Gasteiger partial charge < -0.3 is 26.6 Å². The molecule has 0 aliphatic rings. The number of nitrogens with zero attached hydrogens (tertiary/aromatic N) is 3. The minimum atomic E-state index is -1.19. The van der Waals surface area contributed by atoms with E-state index in [1.807, 2.05) is 6.92 Å². The van der Waals surface area contributed by atoms with Crippen molar-refractivity contribution in [3.05, 3.63) is 0 Å². The standard InChI is InChI=1S/C7H14N6O2/c1-2-3-15-7(14)13-6-11-4(8)10-5(9)12-6/h7,14H,2-3H2,1H3,(H5,8,9,10,11,12,13). The molecule has 0 bridgehead atoms. The Morgan fingerprint density at radius 1 is 1.33 bits per heavy atom. The molecule has 0 aliphatic heterocycles. The van der Waals surface area contributed by atoms with Crippen LogP contribution in [0.2, 0.25) is 0 Å². The maximum atomic E-state index is 9.30. The number of aliphatic hydroxyl groups excluding tert-OH is 1. The zero-order chi connectivity index (χ0) is 11.3. The molecule has 84 valence electrons. The summed E-state index contributed by atoms with van der Waals surface area (Å²) in [4.78, 5) is 11.0. The van der Waals surface area contributed by atoms with Crippen molar-refractivity contribution >= 4 is 17.8 Å². The van der Waals surface area contributed by atoms with E-state index >= 15 is 0 Å². The topological polar surface area (TPSA) is 132 Å². The first-order chi connectivity index (χ1) is 7.11. The molecule has 0 aliphatic carbocycles. The predicted octanol–water partition coefficient (Wildman–Crippen LogP) is -0.850. The molecule has 1 aromatic rings. The van der Waals surface area contributed by atoms with E-state index in [0.717, 1.165) is 6.42 Å². The van der Waals surface area contributed by atoms with E-state index in [4.69, 9.17) is 16.2 Å². The molecule has 0 spiro atoms. The van der Waals surface area contributed by atoms with Crippen LogP contribution in [-0.2, 0) is 4.74 Å². The Hall–Kier alpha value is -1.67. The SMILES string of the molecule is CCCOC(O)Nc1nc(N)nc(N)n1. The van der Waals surface area contributed by atoms with Crippen molar-refractivity contribution in [2.45, 2.75) is 19.8 Å². The largest absolute Gasteiger partial charge is 0.368 e. The van der Waals surface area contributed by atoms with Crippen molar-refractivity contribution in [3.63, 3.8) is 0 Å². The summed E-state index contributed by atoms with van der Waals surface area (Å²) in [5.74, 6) is 0.0315. The van der Waals surface area contributed by atoms with Crippen LogP contribution in [0.15, 0.2) is 0 Å². The Balaban J connectivity index is 2.56. The fraction of sp³-hybridized carbons (Fsp3) is 0.571. The Labute approximate surface area is 86.7 Å². The molecule has 1 aromatic heterocycles. The van der Waals surface area contributed by atoms with Gasteiger partial charge >= 0.3 is 0 Å². The van der Waals surface area contributed by atoms with Gasteiger partial charge in [-0.05, 0) is 6.42 Å². The minimum absolute atomic E-state index is 0.0207. The van der Waals surface area contributed by atoms with Crippen molar-refractivity contribution in [1.82, 2.24) is 15.0 Å². The molecule has 0 saturated carbocycles. The van der Waals surface area contributed by atoms with E-state index in [2.05, 4.69) is 20.3 Å². The lowest BCUT2D eigenvalue weighted by atomic mass is 10.5. The van der Waals surface area contributed by atoms with E-state index in [1.54, 1.807) is 0 Å². The number of aromatic nitrogens is 3. The van der Waals surface area contributed by atoms with Crippen molar-refractivity contribution in [3.8, 4) is 0 Å². The molecule has 8 heteroatoms. The summed E-state index contributed by atoms with van der Waals surface area (Å²) >= 11 is 0. The summed E-state index contributed by atoms with van der Waals surface area (Å²) in [7, 11) is 0. The van der Waals surface area contributed by atoms with Crippen LogP contribution in [0.5, 0.6) is 0 Å². The molecule has 8 nitrogen and oxygen atoms in total. The van der Waals surface area contributed by atoms with Gasteiger partial charge in [-0.1, -0.05) is 6.92 Å². The molecule has 0 saturated heterocycles. The molecule has 1 unspecified atom stereocenters. The van der Waals surface area contributed by atoms with Crippen LogP contribution in [0.1, 0.15) is 13.3 Å². The number of nitrogen functional groups attached to an aromatic ring is 2. The average molecular weight is 214 g/mol. The number of ether oxygens (including phenoxy) is 1. The van der Waals surface area contributed by atoms with Gasteiger partial charge in [0, 0.05) is 0 Å². The summed E-state index contributed by atoms with van der Waals surface area (Å²) in [5.41, 5.74) is 10.7. The van der Waals surface area contributed by atoms with Gasteiger partial charge in [-0.3, -0.25) is 0 Å². The third-order valence-electron chi connectivity index (χ3n) is 1.40. The lowest BCUT2D eigenvalue weighted by Crippen LogP contribution is -2.24. The Morgan fingerprint density at radius 3 is 2.47 bits per heavy atom. The van der Waals surface area contributed by atoms with Crippen molar-refractivity contribution in [1.29, 1.82) is 0 Å². The second-order valence-corrected chi connectivity index (χ2v) is 2.74. The van der Waals surface area contributed by atoms with Crippen molar-refractivity contribution in [2.75, 3.05) is 23.4 Å². The highest BCUT2D eigenvalue weighted by Gasteiger charge is 2.07. The van der Waals surface area contributed by atoms with Crippen LogP contribution in [0.3, 0.4) is 0 Å². The summed E-state index contributed by atoms with van der Waals surface area (Å²) < 4.78 is 4.94. The van der Waals surface area contributed by atoms with Crippen LogP contribution in [0.4, 0.5) is 17.8 Å². The number of nitrogens with two attached hydrogens (primary N) is 2. The Morgan fingerprint density at radius 2 is 1.93 bits per heavy atom. The zero-order valence-electron chi connectivity index (χ0n) is 8.34. The highest BCUT2D eigenvalue weighted by atomic mass is 16.6. The highest BCUT2D eigenvalue weighted by molar-refractivity contribution is 5.36. The first kappa shape index (κ1) is 11.4. The maximum Gasteiger partial charge on any atom is 0.237 e. The average Bonchev–Trinajstić information content (AvgIpc) is 2.13. The number of hydrogen-bond acceptors (Lipinski definition) is 8. The molecule has 1 heterocycles. The second kappa shape index (κ2) is 5.27. The summed E-state index contributed by atoms with van der Waals surface area (Å²) in [5, 5.41) is 11.8. The normalized spacial score (nSPS) is 12.4. The Bertz CT molecular complexity index is 300. The highest BCUT2D eigenvalue weighted by Crippen LogP contribution is 2.04. The van der Waals surface area contributed by atoms with E-state index in [0.29, 0.717) is 6.61 Å². The lowest BCUT2D eigenvalue weighted by molar-refractivity contribution is -0.0782. The number of rotatable bonds is 5. The van der Waals surface area contributed by atoms with Gasteiger partial charge in [0.25, 0.3) is 0 Å². The number of anilines is 3. The minimum Gasteiger partial charge on any atom is -0.368 e. The maximum absolute atomic E-state index is 9.30. The molecule has 1 rings (SSSR count). The van der Waals surface area contributed by atoms with E-state index in [9.17, 15) is 5.11 Å². The second-order valence-electron chi connectivity index (χ2n) is 2.74. The van der Waals surface area contributed by atoms with E-state index < -0.39 is 6.41 Å². The number of nitrogens with one attached hydrogen (secondary N) is 1. The predicted molar refractivity (Wildman–Crippen MR) is 54.5 cm³/mol. The van der Waals surface area contributed by atoms with Crippen LogP contribution in [0.25, 0.3) is 0 Å². The molecular weight excluding hydrogens is 200 g/mol. The van der Waals surface area contributed by atoms with Gasteiger partial charge in [0.15, 0.2) is 0 Å². The first-order valence-corrected chi connectivity index (χ1v) is 4.45. The van der Waals surface area contributed by atoms with Crippen molar-refractivity contribution in [2.24, 2.45) is 0 Å². The molecule has 0 aromatic carbocycles. The van der Waals surface area contributed by atoms with Crippen LogP contribution in [0, 0.1) is 0 Å². The van der Waals surface area contributed by atoms with Gasteiger partial charge in [0.2, 0.25) is 24.3 Å². The fourth-order valence-electron chi connectivity index (χ4n) is 0.856. The van der Waals surface area contributed by atoms with Gasteiger partial charge in [0.05, 0.1) is 6.61 Å². The molecular formula is C7H14N6O2. The van der Waals surface area contributed by atoms with Gasteiger partial charge in [0.1, 0.15) is 0 Å². The quantitative estimate of drug-likeness (QED) is 0.466. The van der Waals surface area contributed by atoms with Crippen molar-refractivity contribution < 1.29 is 9.84 Å². The summed E-state index contributed by atoms with van der Waals surface area (Å²) in [6, 6.07) is 0. The summed E-state index contributed by atoms with van der Waals surface area (Å²) in [6.07, 6.45) is -0.397. The monoisotopic (exact) mass is 214 g/mol. The molecule has 0 amide bonds. The molecule has 0 radical (unpaired) electrons. The zero-order valence-corrected chi connectivity index (χ0v) is 8.34. The number of hydrogen-bond donors (Lipinski definition) is 4. The lowest BCUT2D eigenvalue weighted by Gasteiger charge is -2.12. The molecule has 6 N–H and O–H groups in total. The third kappa shape index (κ3) is 3.92. The van der Waals surface area contributed by atoms with E-state index in [-0.39, 0.29) is 17.8 Å². The van der Waals surface area contributed by atoms with Gasteiger partial charge in [-0.25, -0.2) is 0 Å². The molecule has 15 heavy (non-hydrogen) atoms. The Kier molecular flexibility index (Phi) is 4.01. The summed E-state index contributed by atoms with van der Waals surface area (Å²) in [6.45, 7) is 2.34. The van der Waals surface area contributed by atoms with Gasteiger partial charge in [-0.15, -0.1) is 0 Å². The third-order valence-corrected chi connectivity index (χ3v) is 1.40. The smallest absolute Gasteiger partial charge is 0.237 e. The van der Waals surface area contributed by atoms with Crippen LogP contribution in [-0.4, -0.2) is 33.1 Å². The fourth-order valence-corrected chi connectivity index (χ4v) is 0.856. The van der Waals surface area contributed by atoms with E-state index in [1.165, 1.54) is 0 Å².